The number of fused-ring (bicyclic) bond motifs is 1. The second kappa shape index (κ2) is 8.43. The van der Waals surface area contributed by atoms with Crippen molar-refractivity contribution < 1.29 is 9.53 Å². The number of H-pyrrole nitrogens is 1. The zero-order valence-corrected chi connectivity index (χ0v) is 17.8. The van der Waals surface area contributed by atoms with E-state index in [0.29, 0.717) is 23.9 Å². The normalized spacial score (nSPS) is 14.7. The molecule has 9 nitrogen and oxygen atoms in total. The molecule has 1 saturated heterocycles. The Morgan fingerprint density at radius 2 is 2.09 bits per heavy atom. The molecule has 1 aliphatic rings. The van der Waals surface area contributed by atoms with Crippen molar-refractivity contribution in [2.75, 3.05) is 25.5 Å². The fourth-order valence-electron chi connectivity index (χ4n) is 4.00. The van der Waals surface area contributed by atoms with Gasteiger partial charge in [-0.15, -0.1) is 0 Å². The maximum absolute atomic E-state index is 13.0. The summed E-state index contributed by atoms with van der Waals surface area (Å²) in [7, 11) is 0. The first-order valence-electron chi connectivity index (χ1n) is 10.7. The Balaban J connectivity index is 1.54. The summed E-state index contributed by atoms with van der Waals surface area (Å²) >= 11 is 0. The molecule has 0 unspecified atom stereocenters. The topological polar surface area (TPSA) is 123 Å². The number of amides is 1. The van der Waals surface area contributed by atoms with E-state index in [1.807, 2.05) is 54.2 Å². The van der Waals surface area contributed by atoms with Gasteiger partial charge in [-0.3, -0.25) is 4.79 Å². The van der Waals surface area contributed by atoms with Crippen molar-refractivity contribution in [3.05, 3.63) is 54.2 Å². The first-order chi connectivity index (χ1) is 15.6. The van der Waals surface area contributed by atoms with Crippen LogP contribution in [0, 0.1) is 12.8 Å². The van der Waals surface area contributed by atoms with E-state index in [1.165, 1.54) is 0 Å². The summed E-state index contributed by atoms with van der Waals surface area (Å²) in [6.07, 6.45) is 7.45. The lowest BCUT2D eigenvalue weighted by atomic mass is 10.0. The number of nitrogen functional groups attached to an aromatic ring is 1. The van der Waals surface area contributed by atoms with Crippen LogP contribution in [0.25, 0.3) is 28.3 Å². The number of carbonyl (C=O) groups is 1. The number of anilines is 1. The van der Waals surface area contributed by atoms with Gasteiger partial charge in [0.25, 0.3) is 5.91 Å². The monoisotopic (exact) mass is 431 g/mol. The van der Waals surface area contributed by atoms with E-state index in [9.17, 15) is 4.79 Å². The molecule has 1 amide bonds. The third kappa shape index (κ3) is 3.82. The minimum Gasteiger partial charge on any atom is -0.382 e. The number of nitrogens with zero attached hydrogens (tertiary/aromatic N) is 4. The van der Waals surface area contributed by atoms with Crippen molar-refractivity contribution >= 4 is 17.4 Å². The molecule has 1 fully saturated rings. The van der Waals surface area contributed by atoms with E-state index >= 15 is 0 Å². The molecule has 0 atom stereocenters. The number of aromatic nitrogens is 5. The van der Waals surface area contributed by atoms with Crippen molar-refractivity contribution in [2.24, 2.45) is 5.92 Å². The SMILES string of the molecule is Cc1cnc2ccc(-c3nc(C(=O)NCC4CCOCC4)c(N)nc3-c3ccc[nH]3)cn12. The third-order valence-corrected chi connectivity index (χ3v) is 5.85. The molecular weight excluding hydrogens is 406 g/mol. The largest absolute Gasteiger partial charge is 0.382 e. The maximum Gasteiger partial charge on any atom is 0.273 e. The average molecular weight is 432 g/mol. The first-order valence-corrected chi connectivity index (χ1v) is 10.7. The molecule has 9 heteroatoms. The zero-order chi connectivity index (χ0) is 22.1. The van der Waals surface area contributed by atoms with Crippen molar-refractivity contribution in [3.8, 4) is 22.6 Å². The summed E-state index contributed by atoms with van der Waals surface area (Å²) in [4.78, 5) is 29.8. The van der Waals surface area contributed by atoms with Crippen LogP contribution >= 0.6 is 0 Å². The van der Waals surface area contributed by atoms with Gasteiger partial charge in [0.15, 0.2) is 11.5 Å². The van der Waals surface area contributed by atoms with Gasteiger partial charge in [0.1, 0.15) is 17.0 Å². The molecule has 4 N–H and O–H groups in total. The fourth-order valence-corrected chi connectivity index (χ4v) is 4.00. The van der Waals surface area contributed by atoms with Gasteiger partial charge in [0.2, 0.25) is 0 Å². The number of imidazole rings is 1. The molecule has 5 heterocycles. The summed E-state index contributed by atoms with van der Waals surface area (Å²) in [5.41, 5.74) is 10.9. The van der Waals surface area contributed by atoms with Crippen LogP contribution in [0.15, 0.2) is 42.9 Å². The van der Waals surface area contributed by atoms with E-state index in [0.717, 1.165) is 48.7 Å². The Morgan fingerprint density at radius 1 is 1.25 bits per heavy atom. The molecular formula is C23H25N7O2. The Morgan fingerprint density at radius 3 is 2.88 bits per heavy atom. The number of nitrogens with one attached hydrogen (secondary N) is 2. The molecule has 0 bridgehead atoms. The van der Waals surface area contributed by atoms with Crippen LogP contribution in [0.4, 0.5) is 5.82 Å². The highest BCUT2D eigenvalue weighted by Gasteiger charge is 2.22. The number of hydrogen-bond acceptors (Lipinski definition) is 6. The Kier molecular flexibility index (Phi) is 5.32. The lowest BCUT2D eigenvalue weighted by Crippen LogP contribution is -2.33. The van der Waals surface area contributed by atoms with Gasteiger partial charge in [0.05, 0.1) is 5.69 Å². The van der Waals surface area contributed by atoms with Crippen molar-refractivity contribution in [1.29, 1.82) is 0 Å². The number of rotatable bonds is 5. The van der Waals surface area contributed by atoms with Crippen LogP contribution in [-0.2, 0) is 4.74 Å². The molecule has 5 rings (SSSR count). The van der Waals surface area contributed by atoms with Crippen LogP contribution in [-0.4, -0.2) is 50.0 Å². The minimum atomic E-state index is -0.319. The predicted molar refractivity (Wildman–Crippen MR) is 121 cm³/mol. The van der Waals surface area contributed by atoms with E-state index in [4.69, 9.17) is 15.5 Å². The quantitative estimate of drug-likeness (QED) is 0.446. The van der Waals surface area contributed by atoms with Gasteiger partial charge in [-0.25, -0.2) is 15.0 Å². The second-order valence-corrected chi connectivity index (χ2v) is 8.05. The number of pyridine rings is 1. The van der Waals surface area contributed by atoms with Crippen molar-refractivity contribution in [2.45, 2.75) is 19.8 Å². The van der Waals surface area contributed by atoms with E-state index in [2.05, 4.69) is 20.3 Å². The Labute approximate surface area is 185 Å². The van der Waals surface area contributed by atoms with Gasteiger partial charge in [0, 0.05) is 49.6 Å². The van der Waals surface area contributed by atoms with Crippen LogP contribution in [0.1, 0.15) is 29.0 Å². The number of hydrogen-bond donors (Lipinski definition) is 3. The number of aryl methyl sites for hydroxylation is 1. The van der Waals surface area contributed by atoms with E-state index in [1.54, 1.807) is 0 Å². The molecule has 164 valence electrons. The highest BCUT2D eigenvalue weighted by molar-refractivity contribution is 5.97. The highest BCUT2D eigenvalue weighted by Crippen LogP contribution is 2.30. The number of nitrogens with two attached hydrogens (primary N) is 1. The smallest absolute Gasteiger partial charge is 0.273 e. The Bertz CT molecular complexity index is 1260. The van der Waals surface area contributed by atoms with Crippen LogP contribution in [0.3, 0.4) is 0 Å². The molecule has 0 saturated carbocycles. The van der Waals surface area contributed by atoms with E-state index in [-0.39, 0.29) is 17.4 Å². The van der Waals surface area contributed by atoms with Crippen LogP contribution in [0.2, 0.25) is 0 Å². The lowest BCUT2D eigenvalue weighted by Gasteiger charge is -2.22. The highest BCUT2D eigenvalue weighted by atomic mass is 16.5. The number of carbonyl (C=O) groups excluding carboxylic acids is 1. The summed E-state index contributed by atoms with van der Waals surface area (Å²) in [6, 6.07) is 7.63. The minimum absolute atomic E-state index is 0.0997. The molecule has 0 spiro atoms. The number of ether oxygens (including phenoxy) is 1. The molecule has 0 radical (unpaired) electrons. The van der Waals surface area contributed by atoms with Crippen molar-refractivity contribution in [1.82, 2.24) is 29.7 Å². The Hall–Kier alpha value is -3.72. The van der Waals surface area contributed by atoms with Crippen molar-refractivity contribution in [3.63, 3.8) is 0 Å². The molecule has 0 aliphatic carbocycles. The summed E-state index contributed by atoms with van der Waals surface area (Å²) in [6.45, 7) is 4.01. The number of aromatic amines is 1. The van der Waals surface area contributed by atoms with Gasteiger partial charge in [-0.1, -0.05) is 0 Å². The van der Waals surface area contributed by atoms with Gasteiger partial charge < -0.3 is 25.2 Å². The predicted octanol–water partition coefficient (Wildman–Crippen LogP) is 2.83. The molecule has 32 heavy (non-hydrogen) atoms. The molecule has 4 aromatic heterocycles. The van der Waals surface area contributed by atoms with Gasteiger partial charge in [-0.2, -0.15) is 0 Å². The summed E-state index contributed by atoms with van der Waals surface area (Å²) in [5, 5.41) is 2.98. The third-order valence-electron chi connectivity index (χ3n) is 5.85. The van der Waals surface area contributed by atoms with Gasteiger partial charge >= 0.3 is 0 Å². The second-order valence-electron chi connectivity index (χ2n) is 8.05. The standard InChI is InChI=1S/C23H25N7O2/c1-14-11-26-18-5-4-16(13-30(14)18)19-20(17-3-2-8-25-17)29-22(24)21(28-19)23(31)27-12-15-6-9-32-10-7-15/h2-5,8,11,13,15,25H,6-7,9-10,12H2,1H3,(H2,24,29)(H,27,31). The molecule has 4 aromatic rings. The van der Waals surface area contributed by atoms with Crippen LogP contribution < -0.4 is 11.1 Å². The average Bonchev–Trinajstić information content (AvgIpc) is 3.48. The molecule has 0 aromatic carbocycles. The lowest BCUT2D eigenvalue weighted by molar-refractivity contribution is 0.0642. The summed E-state index contributed by atoms with van der Waals surface area (Å²) in [5.74, 6) is 0.176. The summed E-state index contributed by atoms with van der Waals surface area (Å²) < 4.78 is 7.38. The van der Waals surface area contributed by atoms with E-state index < -0.39 is 0 Å². The fraction of sp³-hybridized carbons (Fsp3) is 0.304. The molecule has 1 aliphatic heterocycles. The van der Waals surface area contributed by atoms with Gasteiger partial charge in [-0.05, 0) is 49.9 Å². The maximum atomic E-state index is 13.0. The first kappa shape index (κ1) is 20.2. The van der Waals surface area contributed by atoms with Crippen LogP contribution in [0.5, 0.6) is 0 Å². The zero-order valence-electron chi connectivity index (χ0n) is 17.8.